The fraction of sp³-hybridized carbons (Fsp3) is 0.522. The van der Waals surface area contributed by atoms with Crippen molar-refractivity contribution in [3.63, 3.8) is 0 Å². The first-order valence-electron chi connectivity index (χ1n) is 9.98. The summed E-state index contributed by atoms with van der Waals surface area (Å²) in [4.78, 5) is 10.6. The van der Waals surface area contributed by atoms with E-state index in [0.29, 0.717) is 5.75 Å². The second-order valence-electron chi connectivity index (χ2n) is 5.03. The third-order valence-corrected chi connectivity index (χ3v) is 2.70. The van der Waals surface area contributed by atoms with Gasteiger partial charge in [0.2, 0.25) is 0 Å². The van der Waals surface area contributed by atoms with Crippen LogP contribution >= 0.6 is 0 Å². The van der Waals surface area contributed by atoms with Gasteiger partial charge in [-0.15, -0.1) is 13.2 Å². The Morgan fingerprint density at radius 1 is 0.833 bits per heavy atom. The average Bonchev–Trinajstić information content (AvgIpc) is 2.80. The van der Waals surface area contributed by atoms with Crippen LogP contribution in [0.2, 0.25) is 0 Å². The van der Waals surface area contributed by atoms with Crippen molar-refractivity contribution in [3.8, 4) is 5.75 Å². The molecule has 1 aromatic rings. The van der Waals surface area contributed by atoms with Crippen molar-refractivity contribution in [2.75, 3.05) is 39.6 Å². The minimum atomic E-state index is -0.434. The lowest BCUT2D eigenvalue weighted by Crippen LogP contribution is -2.02. The number of aliphatic hydroxyl groups excluding tert-OH is 4. The Hall–Kier alpha value is -2.03. The lowest BCUT2D eigenvalue weighted by Gasteiger charge is -1.98. The topological polar surface area (TPSA) is 116 Å². The molecule has 30 heavy (non-hydrogen) atoms. The molecule has 0 radical (unpaired) electrons. The molecule has 0 heterocycles. The number of benzene rings is 1. The molecule has 0 amide bonds. The van der Waals surface area contributed by atoms with Gasteiger partial charge in [0.15, 0.2) is 0 Å². The molecule has 0 saturated heterocycles. The van der Waals surface area contributed by atoms with Crippen LogP contribution < -0.4 is 4.74 Å². The van der Waals surface area contributed by atoms with Crippen LogP contribution in [0.4, 0.5) is 0 Å². The van der Waals surface area contributed by atoms with Gasteiger partial charge in [0, 0.05) is 32.5 Å². The molecule has 0 fully saturated rings. The van der Waals surface area contributed by atoms with Gasteiger partial charge in [-0.3, -0.25) is 0 Å². The van der Waals surface area contributed by atoms with Gasteiger partial charge in [-0.2, -0.15) is 0 Å². The standard InChI is InChI=1S/C9H8O2.C6H14O2.C4H10O.C2H6O2.C2H4/c1-2-9(10)11-8-6-4-3-5-7-8;7-5-3-1-2-4-6-8;1-3-5-4-2;3-1-2-4;1-2/h2-7H,1H2;7-8H,1-6H2;3-4H2,1-2H3;3-4H,1-2H2;1-2H2. The Morgan fingerprint density at radius 3 is 1.53 bits per heavy atom. The third kappa shape index (κ3) is 40.6. The Kier molecular flexibility index (Phi) is 44.5. The summed E-state index contributed by atoms with van der Waals surface area (Å²) in [5.41, 5.74) is 0. The first kappa shape index (κ1) is 35.4. The average molecular weight is 431 g/mol. The molecule has 4 N–H and O–H groups in total. The van der Waals surface area contributed by atoms with Gasteiger partial charge in [0.1, 0.15) is 5.75 Å². The number of esters is 1. The van der Waals surface area contributed by atoms with Crippen molar-refractivity contribution >= 4 is 5.97 Å². The zero-order chi connectivity index (χ0) is 23.9. The van der Waals surface area contributed by atoms with Crippen LogP contribution in [-0.2, 0) is 9.53 Å². The summed E-state index contributed by atoms with van der Waals surface area (Å²) in [5, 5.41) is 31.9. The van der Waals surface area contributed by atoms with E-state index in [1.807, 2.05) is 19.9 Å². The minimum absolute atomic E-state index is 0.125. The minimum Gasteiger partial charge on any atom is -0.423 e. The molecular formula is C23H42O7. The van der Waals surface area contributed by atoms with Crippen LogP contribution in [0.1, 0.15) is 39.5 Å². The molecule has 0 spiro atoms. The van der Waals surface area contributed by atoms with E-state index in [-0.39, 0.29) is 26.4 Å². The van der Waals surface area contributed by atoms with Crippen LogP contribution in [0.25, 0.3) is 0 Å². The van der Waals surface area contributed by atoms with Gasteiger partial charge in [-0.1, -0.05) is 37.6 Å². The molecule has 0 aliphatic heterocycles. The van der Waals surface area contributed by atoms with Crippen molar-refractivity contribution in [3.05, 3.63) is 56.1 Å². The van der Waals surface area contributed by atoms with Gasteiger partial charge < -0.3 is 29.9 Å². The van der Waals surface area contributed by atoms with E-state index < -0.39 is 5.97 Å². The molecule has 0 atom stereocenters. The molecule has 7 nitrogen and oxygen atoms in total. The summed E-state index contributed by atoms with van der Waals surface area (Å²) in [5.74, 6) is 0.105. The second kappa shape index (κ2) is 37.7. The Balaban J connectivity index is -0.000000157. The predicted octanol–water partition coefficient (Wildman–Crippen LogP) is 3.13. The molecule has 1 rings (SSSR count). The van der Waals surface area contributed by atoms with Gasteiger partial charge in [0.05, 0.1) is 13.2 Å². The van der Waals surface area contributed by atoms with E-state index in [9.17, 15) is 4.79 Å². The molecular weight excluding hydrogens is 388 g/mol. The van der Waals surface area contributed by atoms with Crippen LogP contribution in [0.3, 0.4) is 0 Å². The van der Waals surface area contributed by atoms with E-state index in [4.69, 9.17) is 29.9 Å². The molecule has 7 heteroatoms. The number of carbonyl (C=O) groups excluding carboxylic acids is 1. The van der Waals surface area contributed by atoms with Gasteiger partial charge in [0.25, 0.3) is 0 Å². The highest BCUT2D eigenvalue weighted by Crippen LogP contribution is 2.08. The maximum atomic E-state index is 10.6. The number of unbranched alkanes of at least 4 members (excludes halogenated alkanes) is 3. The summed E-state index contributed by atoms with van der Waals surface area (Å²) in [6, 6.07) is 8.87. The van der Waals surface area contributed by atoms with Gasteiger partial charge in [-0.25, -0.2) is 4.79 Å². The first-order chi connectivity index (χ1) is 14.6. The maximum Gasteiger partial charge on any atom is 0.335 e. The van der Waals surface area contributed by atoms with E-state index in [1.165, 1.54) is 0 Å². The molecule has 0 aromatic heterocycles. The van der Waals surface area contributed by atoms with Crippen LogP contribution in [0, 0.1) is 0 Å². The zero-order valence-electron chi connectivity index (χ0n) is 18.7. The Labute approximate surface area is 182 Å². The number of hydrogen-bond acceptors (Lipinski definition) is 7. The molecule has 0 saturated carbocycles. The maximum absolute atomic E-state index is 10.6. The summed E-state index contributed by atoms with van der Waals surface area (Å²) in [6.45, 7) is 15.3. The quantitative estimate of drug-likeness (QED) is 0.148. The number of para-hydroxylation sites is 1. The van der Waals surface area contributed by atoms with Gasteiger partial charge in [-0.05, 0) is 38.8 Å². The second-order valence-corrected chi connectivity index (χ2v) is 5.03. The molecule has 0 aliphatic carbocycles. The smallest absolute Gasteiger partial charge is 0.335 e. The number of ether oxygens (including phenoxy) is 2. The van der Waals surface area contributed by atoms with Crippen LogP contribution in [0.15, 0.2) is 56.1 Å². The van der Waals surface area contributed by atoms with Gasteiger partial charge >= 0.3 is 5.97 Å². The van der Waals surface area contributed by atoms with Crippen LogP contribution in [0.5, 0.6) is 5.75 Å². The normalized spacial score (nSPS) is 8.33. The highest BCUT2D eigenvalue weighted by molar-refractivity contribution is 5.83. The lowest BCUT2D eigenvalue weighted by molar-refractivity contribution is -0.128. The fourth-order valence-electron chi connectivity index (χ4n) is 1.43. The number of hydrogen-bond donors (Lipinski definition) is 4. The number of aliphatic hydroxyl groups is 4. The number of carbonyl (C=O) groups is 1. The van der Waals surface area contributed by atoms with Crippen molar-refractivity contribution < 1.29 is 34.7 Å². The molecule has 176 valence electrons. The number of rotatable bonds is 10. The third-order valence-electron chi connectivity index (χ3n) is 2.70. The van der Waals surface area contributed by atoms with E-state index in [2.05, 4.69) is 19.7 Å². The molecule has 0 bridgehead atoms. The SMILES string of the molecule is C=C.C=CC(=O)Oc1ccccc1.CCOCC.OCCCCCCO.OCCO. The highest BCUT2D eigenvalue weighted by Gasteiger charge is 1.95. The van der Waals surface area contributed by atoms with Crippen molar-refractivity contribution in [2.45, 2.75) is 39.5 Å². The Bertz CT molecular complexity index is 415. The monoisotopic (exact) mass is 430 g/mol. The summed E-state index contributed by atoms with van der Waals surface area (Å²) in [7, 11) is 0. The lowest BCUT2D eigenvalue weighted by atomic mass is 10.2. The zero-order valence-corrected chi connectivity index (χ0v) is 18.7. The van der Waals surface area contributed by atoms with E-state index in [0.717, 1.165) is 45.0 Å². The van der Waals surface area contributed by atoms with Crippen molar-refractivity contribution in [1.82, 2.24) is 0 Å². The predicted molar refractivity (Wildman–Crippen MR) is 123 cm³/mol. The largest absolute Gasteiger partial charge is 0.423 e. The molecule has 0 unspecified atom stereocenters. The molecule has 1 aromatic carbocycles. The summed E-state index contributed by atoms with van der Waals surface area (Å²) < 4.78 is 9.64. The molecule has 0 aliphatic rings. The van der Waals surface area contributed by atoms with Crippen LogP contribution in [-0.4, -0.2) is 66.0 Å². The summed E-state index contributed by atoms with van der Waals surface area (Å²) in [6.07, 6.45) is 4.96. The van der Waals surface area contributed by atoms with Crippen molar-refractivity contribution in [1.29, 1.82) is 0 Å². The Morgan fingerprint density at radius 2 is 1.27 bits per heavy atom. The fourth-order valence-corrected chi connectivity index (χ4v) is 1.43. The van der Waals surface area contributed by atoms with Crippen molar-refractivity contribution in [2.24, 2.45) is 0 Å². The van der Waals surface area contributed by atoms with E-state index in [1.54, 1.807) is 24.3 Å². The first-order valence-corrected chi connectivity index (χ1v) is 9.98. The summed E-state index contributed by atoms with van der Waals surface area (Å²) >= 11 is 0. The highest BCUT2D eigenvalue weighted by atomic mass is 16.5. The van der Waals surface area contributed by atoms with E-state index >= 15 is 0 Å².